The van der Waals surface area contributed by atoms with Crippen LogP contribution in [0.5, 0.6) is 0 Å². The molecule has 0 unspecified atom stereocenters. The van der Waals surface area contributed by atoms with Crippen LogP contribution in [0.4, 0.5) is 0 Å². The van der Waals surface area contributed by atoms with Crippen LogP contribution in [0.1, 0.15) is 32.6 Å². The largest absolute Gasteiger partial charge is 0.197 e. The second-order valence-corrected chi connectivity index (χ2v) is 2.31. The molecule has 10 heavy (non-hydrogen) atoms. The van der Waals surface area contributed by atoms with E-state index in [4.69, 9.17) is 10.5 Å². The quantitative estimate of drug-likeness (QED) is 0.556. The van der Waals surface area contributed by atoms with Crippen molar-refractivity contribution in [2.75, 3.05) is 0 Å². The maximum absolute atomic E-state index is 8.35. The molecule has 54 valence electrons. The zero-order valence-corrected chi connectivity index (χ0v) is 6.30. The molecule has 0 aliphatic carbocycles. The summed E-state index contributed by atoms with van der Waals surface area (Å²) in [7, 11) is 0. The molecule has 0 aromatic rings. The lowest BCUT2D eigenvalue weighted by atomic mass is 10.0. The van der Waals surface area contributed by atoms with Crippen molar-refractivity contribution in [2.45, 2.75) is 32.6 Å². The lowest BCUT2D eigenvalue weighted by Crippen LogP contribution is -1.91. The van der Waals surface area contributed by atoms with Gasteiger partial charge in [-0.25, -0.2) is 0 Å². The Balaban J connectivity index is 3.31. The molecule has 0 aromatic carbocycles. The number of hydrogen-bond donors (Lipinski definition) is 0. The zero-order valence-electron chi connectivity index (χ0n) is 6.30. The van der Waals surface area contributed by atoms with Gasteiger partial charge in [0.15, 0.2) is 0 Å². The summed E-state index contributed by atoms with van der Waals surface area (Å²) < 4.78 is 0. The Morgan fingerprint density at radius 3 is 2.20 bits per heavy atom. The number of unbranched alkanes of at least 4 members (excludes halogenated alkanes) is 2. The van der Waals surface area contributed by atoms with E-state index >= 15 is 0 Å². The van der Waals surface area contributed by atoms with Crippen molar-refractivity contribution in [2.24, 2.45) is 5.92 Å². The Labute approximate surface area is 62.1 Å². The summed E-state index contributed by atoms with van der Waals surface area (Å²) in [5.74, 6) is -0.383. The molecule has 0 bridgehead atoms. The fourth-order valence-electron chi connectivity index (χ4n) is 0.756. The lowest BCUT2D eigenvalue weighted by molar-refractivity contribution is 0.624. The molecule has 0 N–H and O–H groups in total. The van der Waals surface area contributed by atoms with Gasteiger partial charge in [-0.05, 0) is 6.42 Å². The van der Waals surface area contributed by atoms with E-state index in [0.717, 1.165) is 25.7 Å². The average molecular weight is 136 g/mol. The van der Waals surface area contributed by atoms with E-state index in [0.29, 0.717) is 0 Å². The maximum atomic E-state index is 8.35. The smallest absolute Gasteiger partial charge is 0.133 e. The number of nitriles is 2. The summed E-state index contributed by atoms with van der Waals surface area (Å²) in [6.07, 6.45) is 4.01. The molecule has 0 fully saturated rings. The van der Waals surface area contributed by atoms with Crippen LogP contribution in [0.3, 0.4) is 0 Å². The summed E-state index contributed by atoms with van der Waals surface area (Å²) in [6, 6.07) is 3.90. The lowest BCUT2D eigenvalue weighted by Gasteiger charge is -1.96. The van der Waals surface area contributed by atoms with Crippen molar-refractivity contribution in [3.63, 3.8) is 0 Å². The molecular formula is C8H12N2. The minimum atomic E-state index is -0.383. The number of hydrogen-bond acceptors (Lipinski definition) is 2. The molecule has 0 aromatic heterocycles. The van der Waals surface area contributed by atoms with Crippen LogP contribution in [0, 0.1) is 28.6 Å². The van der Waals surface area contributed by atoms with Crippen LogP contribution in [0.2, 0.25) is 0 Å². The van der Waals surface area contributed by atoms with E-state index in [-0.39, 0.29) is 5.92 Å². The number of rotatable bonds is 4. The van der Waals surface area contributed by atoms with Gasteiger partial charge in [-0.3, -0.25) is 0 Å². The molecule has 2 nitrogen and oxygen atoms in total. The van der Waals surface area contributed by atoms with Crippen LogP contribution in [-0.2, 0) is 0 Å². The van der Waals surface area contributed by atoms with Crippen molar-refractivity contribution in [3.8, 4) is 12.1 Å². The van der Waals surface area contributed by atoms with E-state index in [1.54, 1.807) is 0 Å². The highest BCUT2D eigenvalue weighted by Gasteiger charge is 2.02. The first-order valence-corrected chi connectivity index (χ1v) is 3.64. The van der Waals surface area contributed by atoms with Gasteiger partial charge in [0.25, 0.3) is 0 Å². The predicted molar refractivity (Wildman–Crippen MR) is 38.9 cm³/mol. The zero-order chi connectivity index (χ0) is 7.82. The summed E-state index contributed by atoms with van der Waals surface area (Å²) in [5, 5.41) is 16.7. The molecule has 0 spiro atoms. The highest BCUT2D eigenvalue weighted by Crippen LogP contribution is 2.07. The molecule has 0 heterocycles. The van der Waals surface area contributed by atoms with Gasteiger partial charge in [-0.2, -0.15) is 10.5 Å². The Hall–Kier alpha value is -1.02. The third kappa shape index (κ3) is 3.92. The first kappa shape index (κ1) is 8.98. The van der Waals surface area contributed by atoms with Crippen LogP contribution < -0.4 is 0 Å². The van der Waals surface area contributed by atoms with Crippen LogP contribution in [0.15, 0.2) is 0 Å². The average Bonchev–Trinajstić information content (AvgIpc) is 1.99. The summed E-state index contributed by atoms with van der Waals surface area (Å²) >= 11 is 0. The molecule has 0 radical (unpaired) electrons. The highest BCUT2D eigenvalue weighted by molar-refractivity contribution is 4.98. The van der Waals surface area contributed by atoms with E-state index in [2.05, 4.69) is 6.92 Å². The fraction of sp³-hybridized carbons (Fsp3) is 0.750. The summed E-state index contributed by atoms with van der Waals surface area (Å²) in [4.78, 5) is 0. The predicted octanol–water partition coefficient (Wildman–Crippen LogP) is 2.23. The normalized spacial score (nSPS) is 8.80. The van der Waals surface area contributed by atoms with E-state index < -0.39 is 0 Å². The molecule has 2 heteroatoms. The second-order valence-electron chi connectivity index (χ2n) is 2.31. The molecule has 0 saturated heterocycles. The minimum absolute atomic E-state index is 0.383. The van der Waals surface area contributed by atoms with Crippen molar-refractivity contribution in [1.82, 2.24) is 0 Å². The van der Waals surface area contributed by atoms with Gasteiger partial charge in [0.1, 0.15) is 5.92 Å². The Morgan fingerprint density at radius 2 is 1.80 bits per heavy atom. The summed E-state index contributed by atoms with van der Waals surface area (Å²) in [6.45, 7) is 2.10. The van der Waals surface area contributed by atoms with Crippen LogP contribution in [0.25, 0.3) is 0 Å². The molecule has 0 amide bonds. The highest BCUT2D eigenvalue weighted by atomic mass is 14.3. The molecule has 0 saturated carbocycles. The Morgan fingerprint density at radius 1 is 1.20 bits per heavy atom. The Bertz CT molecular complexity index is 136. The van der Waals surface area contributed by atoms with E-state index in [9.17, 15) is 0 Å². The number of nitrogens with zero attached hydrogens (tertiary/aromatic N) is 2. The second kappa shape index (κ2) is 6.11. The summed E-state index contributed by atoms with van der Waals surface area (Å²) in [5.41, 5.74) is 0. The first-order chi connectivity index (χ1) is 4.85. The minimum Gasteiger partial charge on any atom is -0.197 e. The van der Waals surface area contributed by atoms with Gasteiger partial charge in [-0.1, -0.05) is 26.2 Å². The van der Waals surface area contributed by atoms with E-state index in [1.165, 1.54) is 0 Å². The third-order valence-electron chi connectivity index (χ3n) is 1.41. The van der Waals surface area contributed by atoms with Gasteiger partial charge in [0.05, 0.1) is 12.1 Å². The fourth-order valence-corrected chi connectivity index (χ4v) is 0.756. The van der Waals surface area contributed by atoms with E-state index in [1.807, 2.05) is 12.1 Å². The van der Waals surface area contributed by atoms with Crippen LogP contribution >= 0.6 is 0 Å². The van der Waals surface area contributed by atoms with Crippen molar-refractivity contribution >= 4 is 0 Å². The van der Waals surface area contributed by atoms with Gasteiger partial charge in [-0.15, -0.1) is 0 Å². The monoisotopic (exact) mass is 136 g/mol. The molecule has 0 rings (SSSR count). The topological polar surface area (TPSA) is 47.6 Å². The SMILES string of the molecule is CCCCCC(C#N)C#N. The van der Waals surface area contributed by atoms with Crippen molar-refractivity contribution in [3.05, 3.63) is 0 Å². The van der Waals surface area contributed by atoms with Crippen molar-refractivity contribution in [1.29, 1.82) is 10.5 Å². The molecular weight excluding hydrogens is 124 g/mol. The molecule has 0 aliphatic rings. The van der Waals surface area contributed by atoms with Gasteiger partial charge in [0, 0.05) is 0 Å². The van der Waals surface area contributed by atoms with Gasteiger partial charge in [0.2, 0.25) is 0 Å². The van der Waals surface area contributed by atoms with Gasteiger partial charge < -0.3 is 0 Å². The van der Waals surface area contributed by atoms with Crippen LogP contribution in [-0.4, -0.2) is 0 Å². The third-order valence-corrected chi connectivity index (χ3v) is 1.41. The standard InChI is InChI=1S/C8H12N2/c1-2-3-4-5-8(6-9)7-10/h8H,2-5H2,1H3. The Kier molecular flexibility index (Phi) is 5.48. The van der Waals surface area contributed by atoms with Crippen molar-refractivity contribution < 1.29 is 0 Å². The molecule has 0 aliphatic heterocycles. The first-order valence-electron chi connectivity index (χ1n) is 3.64. The van der Waals surface area contributed by atoms with Gasteiger partial charge >= 0.3 is 0 Å². The molecule has 0 atom stereocenters. The maximum Gasteiger partial charge on any atom is 0.133 e.